The minimum atomic E-state index is -1.39. The smallest absolute Gasteiger partial charge is 0.134 e. The Hall–Kier alpha value is -4.66. The predicted molar refractivity (Wildman–Crippen MR) is 207 cm³/mol. The van der Waals surface area contributed by atoms with Crippen LogP contribution in [0.1, 0.15) is 0 Å². The summed E-state index contributed by atoms with van der Waals surface area (Å²) in [5.41, 5.74) is 0. The van der Waals surface area contributed by atoms with Crippen LogP contribution in [0.4, 0.5) is 0 Å². The topological polar surface area (TPSA) is 111 Å². The standard InChI is InChI=1S/C38H48O12P2/c1-39-23-15-27(43-5)35(28(16-23)44-6)51(36-29(45-7)17-24(40-2)18-30(36)46-8)13-14-52(37-31(47-9)19-25(41-3)20-32(37)48-10)38-33(49-11)21-26(42-4)22-34(38)50-12/h15-22H,13-14H2,1-12H3. The van der Waals surface area contributed by atoms with Crippen LogP contribution in [0.25, 0.3) is 0 Å². The molecule has 0 saturated heterocycles. The van der Waals surface area contributed by atoms with Crippen molar-refractivity contribution in [3.63, 3.8) is 0 Å². The lowest BCUT2D eigenvalue weighted by Crippen LogP contribution is -2.26. The molecule has 4 aromatic carbocycles. The summed E-state index contributed by atoms with van der Waals surface area (Å²) in [6.45, 7) is 0. The van der Waals surface area contributed by atoms with Crippen molar-refractivity contribution in [2.75, 3.05) is 97.6 Å². The second-order valence-electron chi connectivity index (χ2n) is 10.8. The van der Waals surface area contributed by atoms with Crippen LogP contribution in [0.15, 0.2) is 48.5 Å². The summed E-state index contributed by atoms with van der Waals surface area (Å²) >= 11 is 0. The highest BCUT2D eigenvalue weighted by atomic mass is 31.1. The quantitative estimate of drug-likeness (QED) is 0.115. The molecule has 0 N–H and O–H groups in total. The molecule has 0 bridgehead atoms. The molecule has 0 saturated carbocycles. The molecule has 0 aliphatic rings. The highest BCUT2D eigenvalue weighted by molar-refractivity contribution is 7.77. The Morgan fingerprint density at radius 3 is 0.538 bits per heavy atom. The molecular weight excluding hydrogens is 710 g/mol. The number of benzene rings is 4. The summed E-state index contributed by atoms with van der Waals surface area (Å²) in [4.78, 5) is 0. The first-order chi connectivity index (χ1) is 25.2. The minimum absolute atomic E-state index is 0.565. The Balaban J connectivity index is 2.11. The van der Waals surface area contributed by atoms with E-state index in [9.17, 15) is 0 Å². The molecule has 0 aliphatic heterocycles. The van der Waals surface area contributed by atoms with Crippen molar-refractivity contribution in [1.29, 1.82) is 0 Å². The molecule has 0 amide bonds. The first-order valence-electron chi connectivity index (χ1n) is 16.0. The van der Waals surface area contributed by atoms with Crippen molar-refractivity contribution < 1.29 is 56.8 Å². The van der Waals surface area contributed by atoms with Crippen LogP contribution in [0.5, 0.6) is 69.0 Å². The van der Waals surface area contributed by atoms with E-state index in [4.69, 9.17) is 56.8 Å². The van der Waals surface area contributed by atoms with Crippen LogP contribution in [0, 0.1) is 0 Å². The third kappa shape index (κ3) is 8.19. The van der Waals surface area contributed by atoms with Gasteiger partial charge in [0, 0.05) is 48.5 Å². The van der Waals surface area contributed by atoms with Gasteiger partial charge in [-0.25, -0.2) is 0 Å². The Bertz CT molecular complexity index is 1460. The van der Waals surface area contributed by atoms with Gasteiger partial charge in [0.05, 0.1) is 107 Å². The molecule has 0 heterocycles. The van der Waals surface area contributed by atoms with E-state index in [1.54, 1.807) is 85.3 Å². The molecular formula is C38H48O12P2. The molecule has 4 aromatic rings. The van der Waals surface area contributed by atoms with Crippen molar-refractivity contribution in [3.8, 4) is 69.0 Å². The van der Waals surface area contributed by atoms with Crippen LogP contribution >= 0.6 is 15.8 Å². The molecule has 0 atom stereocenters. The molecule has 0 fully saturated rings. The van der Waals surface area contributed by atoms with Gasteiger partial charge in [0.15, 0.2) is 0 Å². The van der Waals surface area contributed by atoms with Crippen molar-refractivity contribution >= 4 is 37.1 Å². The highest BCUT2D eigenvalue weighted by Crippen LogP contribution is 2.54. The molecule has 0 aromatic heterocycles. The van der Waals surface area contributed by atoms with E-state index in [2.05, 4.69) is 0 Å². The molecule has 0 unspecified atom stereocenters. The number of hydrogen-bond donors (Lipinski definition) is 0. The van der Waals surface area contributed by atoms with E-state index >= 15 is 0 Å². The van der Waals surface area contributed by atoms with Gasteiger partial charge in [-0.1, -0.05) is 0 Å². The lowest BCUT2D eigenvalue weighted by atomic mass is 10.3. The molecule has 12 nitrogen and oxygen atoms in total. The van der Waals surface area contributed by atoms with Gasteiger partial charge >= 0.3 is 0 Å². The molecule has 0 aliphatic carbocycles. The Labute approximate surface area is 308 Å². The first kappa shape index (κ1) is 40.1. The summed E-state index contributed by atoms with van der Waals surface area (Å²) in [7, 11) is 16.6. The van der Waals surface area contributed by atoms with Crippen molar-refractivity contribution in [2.45, 2.75) is 0 Å². The van der Waals surface area contributed by atoms with Gasteiger partial charge in [-0.05, 0) is 28.2 Å². The van der Waals surface area contributed by atoms with E-state index in [0.717, 1.165) is 21.2 Å². The first-order valence-corrected chi connectivity index (χ1v) is 19.0. The zero-order chi connectivity index (χ0) is 37.9. The lowest BCUT2D eigenvalue weighted by molar-refractivity contribution is 0.378. The van der Waals surface area contributed by atoms with Crippen LogP contribution in [0.3, 0.4) is 0 Å². The van der Waals surface area contributed by atoms with Gasteiger partial charge in [0.25, 0.3) is 0 Å². The second kappa shape index (κ2) is 18.7. The summed E-state index contributed by atoms with van der Waals surface area (Å²) in [5, 5.41) is 3.33. The average molecular weight is 759 g/mol. The fraction of sp³-hybridized carbons (Fsp3) is 0.368. The third-order valence-corrected chi connectivity index (χ3v) is 14.0. The fourth-order valence-electron chi connectivity index (χ4n) is 5.88. The van der Waals surface area contributed by atoms with Crippen LogP contribution < -0.4 is 78.1 Å². The molecule has 0 spiro atoms. The van der Waals surface area contributed by atoms with Gasteiger partial charge in [0.1, 0.15) is 69.0 Å². The van der Waals surface area contributed by atoms with E-state index in [1.165, 1.54) is 0 Å². The van der Waals surface area contributed by atoms with Gasteiger partial charge < -0.3 is 56.8 Å². The Morgan fingerprint density at radius 2 is 0.423 bits per heavy atom. The van der Waals surface area contributed by atoms with Crippen LogP contribution in [-0.4, -0.2) is 97.6 Å². The Kier molecular flexibility index (Phi) is 14.4. The third-order valence-electron chi connectivity index (χ3n) is 8.38. The maximum absolute atomic E-state index is 6.05. The predicted octanol–water partition coefficient (Wildman–Crippen LogP) is 5.36. The van der Waals surface area contributed by atoms with Crippen LogP contribution in [0.2, 0.25) is 0 Å². The molecule has 14 heteroatoms. The van der Waals surface area contributed by atoms with Crippen molar-refractivity contribution in [3.05, 3.63) is 48.5 Å². The highest BCUT2D eigenvalue weighted by Gasteiger charge is 2.35. The summed E-state index contributed by atoms with van der Waals surface area (Å²) in [6, 6.07) is 14.8. The van der Waals surface area contributed by atoms with Gasteiger partial charge in [0.2, 0.25) is 0 Å². The SMILES string of the molecule is COc1cc(OC)c(P(CCP(c2c(OC)cc(OC)cc2OC)c2c(OC)cc(OC)cc2OC)c2c(OC)cc(OC)cc2OC)c(OC)c1. The van der Waals surface area contributed by atoms with Crippen molar-refractivity contribution in [1.82, 2.24) is 0 Å². The van der Waals surface area contributed by atoms with E-state index in [1.807, 2.05) is 48.5 Å². The summed E-state index contributed by atoms with van der Waals surface area (Å²) in [6.07, 6.45) is 1.13. The van der Waals surface area contributed by atoms with Gasteiger partial charge in [-0.3, -0.25) is 0 Å². The van der Waals surface area contributed by atoms with Crippen LogP contribution in [-0.2, 0) is 0 Å². The minimum Gasteiger partial charge on any atom is -0.496 e. The van der Waals surface area contributed by atoms with E-state index in [-0.39, 0.29) is 0 Å². The van der Waals surface area contributed by atoms with Crippen molar-refractivity contribution in [2.24, 2.45) is 0 Å². The maximum Gasteiger partial charge on any atom is 0.134 e. The van der Waals surface area contributed by atoms with E-state index < -0.39 is 15.8 Å². The largest absolute Gasteiger partial charge is 0.496 e. The Morgan fingerprint density at radius 1 is 0.269 bits per heavy atom. The normalized spacial score (nSPS) is 10.8. The zero-order valence-electron chi connectivity index (χ0n) is 31.8. The fourth-order valence-corrected chi connectivity index (χ4v) is 12.2. The number of hydrogen-bond acceptors (Lipinski definition) is 12. The van der Waals surface area contributed by atoms with E-state index in [0.29, 0.717) is 81.3 Å². The van der Waals surface area contributed by atoms with Gasteiger partial charge in [-0.15, -0.1) is 0 Å². The maximum atomic E-state index is 6.05. The summed E-state index contributed by atoms with van der Waals surface area (Å²) < 4.78 is 70.8. The molecule has 282 valence electrons. The lowest BCUT2D eigenvalue weighted by Gasteiger charge is -2.30. The molecule has 0 radical (unpaired) electrons. The number of rotatable bonds is 19. The average Bonchev–Trinajstić information content (AvgIpc) is 3.20. The second-order valence-corrected chi connectivity index (χ2v) is 15.2. The molecule has 4 rings (SSSR count). The monoisotopic (exact) mass is 758 g/mol. The van der Waals surface area contributed by atoms with Gasteiger partial charge in [-0.2, -0.15) is 0 Å². The number of ether oxygens (including phenoxy) is 12. The molecule has 52 heavy (non-hydrogen) atoms. The zero-order valence-corrected chi connectivity index (χ0v) is 33.6. The summed E-state index contributed by atoms with van der Waals surface area (Å²) in [5.74, 6) is 7.06. The number of methoxy groups -OCH3 is 12.